The molecule has 2 saturated heterocycles. The summed E-state index contributed by atoms with van der Waals surface area (Å²) in [6.45, 7) is 3.46. The Morgan fingerprint density at radius 3 is 2.68 bits per heavy atom. The Morgan fingerprint density at radius 2 is 2.00 bits per heavy atom. The summed E-state index contributed by atoms with van der Waals surface area (Å²) < 4.78 is 15.7. The summed E-state index contributed by atoms with van der Waals surface area (Å²) in [5.74, 6) is 0.419. The number of hydrogen-bond acceptors (Lipinski definition) is 7. The minimum atomic E-state index is -1.00. The number of rotatable bonds is 6. The van der Waals surface area contributed by atoms with E-state index in [9.17, 15) is 14.4 Å². The van der Waals surface area contributed by atoms with Gasteiger partial charge in [-0.25, -0.2) is 4.79 Å². The second-order valence-corrected chi connectivity index (χ2v) is 8.41. The molecule has 2 aliphatic rings. The van der Waals surface area contributed by atoms with Crippen LogP contribution in [0.4, 0.5) is 5.69 Å². The Morgan fingerprint density at radius 1 is 1.29 bits per heavy atom. The number of anilines is 1. The first kappa shape index (κ1) is 20.3. The normalized spacial score (nSPS) is 24.5. The highest BCUT2D eigenvalue weighted by Crippen LogP contribution is 2.47. The van der Waals surface area contributed by atoms with Crippen LogP contribution in [0.25, 0.3) is 0 Å². The monoisotopic (exact) mass is 408 g/mol. The minimum absolute atomic E-state index is 0.0446. The maximum atomic E-state index is 12.6. The van der Waals surface area contributed by atoms with E-state index >= 15 is 0 Å². The number of nitrogens with zero attached hydrogens (tertiary/aromatic N) is 1. The van der Waals surface area contributed by atoms with Crippen LogP contribution >= 0.6 is 11.8 Å². The summed E-state index contributed by atoms with van der Waals surface area (Å²) >= 11 is 1.58. The molecule has 0 aliphatic carbocycles. The van der Waals surface area contributed by atoms with Crippen LogP contribution in [0, 0.1) is 0 Å². The molecule has 3 atom stereocenters. The van der Waals surface area contributed by atoms with Crippen molar-refractivity contribution in [3.05, 3.63) is 18.2 Å². The summed E-state index contributed by atoms with van der Waals surface area (Å²) in [5, 5.41) is 2.69. The molecule has 2 heterocycles. The zero-order valence-electron chi connectivity index (χ0n) is 16.3. The zero-order valence-corrected chi connectivity index (χ0v) is 17.1. The summed E-state index contributed by atoms with van der Waals surface area (Å²) in [7, 11) is 3.02. The predicted molar refractivity (Wildman–Crippen MR) is 104 cm³/mol. The van der Waals surface area contributed by atoms with Gasteiger partial charge in [-0.15, -0.1) is 11.8 Å². The maximum absolute atomic E-state index is 12.6. The van der Waals surface area contributed by atoms with Gasteiger partial charge in [0, 0.05) is 23.9 Å². The first-order valence-corrected chi connectivity index (χ1v) is 9.97. The number of ether oxygens (including phenoxy) is 3. The lowest BCUT2D eigenvalue weighted by Crippen LogP contribution is -2.48. The van der Waals surface area contributed by atoms with Gasteiger partial charge in [-0.1, -0.05) is 0 Å². The van der Waals surface area contributed by atoms with E-state index in [-0.39, 0.29) is 10.8 Å². The fraction of sp³-hybridized carbons (Fsp3) is 0.526. The Labute approximate surface area is 167 Å². The van der Waals surface area contributed by atoms with Gasteiger partial charge in [0.25, 0.3) is 5.91 Å². The van der Waals surface area contributed by atoms with Crippen molar-refractivity contribution >= 4 is 35.2 Å². The molecule has 2 fully saturated rings. The lowest BCUT2D eigenvalue weighted by molar-refractivity contribution is -0.160. The average molecular weight is 408 g/mol. The molecule has 152 valence electrons. The van der Waals surface area contributed by atoms with Crippen LogP contribution in [-0.2, 0) is 19.1 Å². The highest BCUT2D eigenvalue weighted by Gasteiger charge is 2.53. The van der Waals surface area contributed by atoms with Gasteiger partial charge in [0.15, 0.2) is 17.6 Å². The molecule has 2 amide bonds. The van der Waals surface area contributed by atoms with Crippen molar-refractivity contribution in [3.63, 3.8) is 0 Å². The van der Waals surface area contributed by atoms with Crippen LogP contribution in [0.3, 0.4) is 0 Å². The molecular weight excluding hydrogens is 384 g/mol. The molecule has 1 N–H and O–H groups in total. The minimum Gasteiger partial charge on any atom is -0.493 e. The molecule has 1 aromatic rings. The number of nitrogens with one attached hydrogen (secondary N) is 1. The molecule has 0 bridgehead atoms. The highest BCUT2D eigenvalue weighted by molar-refractivity contribution is 8.01. The summed E-state index contributed by atoms with van der Waals surface area (Å²) in [6.07, 6.45) is 0.147. The van der Waals surface area contributed by atoms with Gasteiger partial charge in [0.2, 0.25) is 5.91 Å². The van der Waals surface area contributed by atoms with Crippen molar-refractivity contribution in [3.8, 4) is 11.5 Å². The van der Waals surface area contributed by atoms with Crippen LogP contribution < -0.4 is 14.8 Å². The standard InChI is InChI=1S/C19H24N2O6S/c1-11(17(23)20-12-5-6-14(25-3)15(9-12)26-4)27-18(24)13-10-28-19(2)8-7-16(22)21(13)19/h5-6,9,11,13H,7-8,10H2,1-4H3,(H,20,23)/t11-,13-,19-/m0/s1. The number of fused-ring (bicyclic) bond motifs is 1. The van der Waals surface area contributed by atoms with E-state index in [0.29, 0.717) is 29.4 Å². The Hall–Kier alpha value is -2.42. The Bertz CT molecular complexity index is 801. The van der Waals surface area contributed by atoms with Crippen LogP contribution in [0.2, 0.25) is 0 Å². The molecule has 8 nitrogen and oxygen atoms in total. The maximum Gasteiger partial charge on any atom is 0.330 e. The van der Waals surface area contributed by atoms with Gasteiger partial charge in [0.1, 0.15) is 6.04 Å². The predicted octanol–water partition coefficient (Wildman–Crippen LogP) is 2.03. The first-order chi connectivity index (χ1) is 13.3. The number of carbonyl (C=O) groups excluding carboxylic acids is 3. The number of carbonyl (C=O) groups is 3. The molecule has 3 rings (SSSR count). The number of amides is 2. The Balaban J connectivity index is 1.61. The number of thioether (sulfide) groups is 1. The molecule has 0 aromatic heterocycles. The average Bonchev–Trinajstić information content (AvgIpc) is 3.17. The molecule has 1 aromatic carbocycles. The van der Waals surface area contributed by atoms with Crippen molar-refractivity contribution < 1.29 is 28.6 Å². The van der Waals surface area contributed by atoms with E-state index in [1.54, 1.807) is 34.9 Å². The van der Waals surface area contributed by atoms with E-state index in [1.165, 1.54) is 21.1 Å². The number of methoxy groups -OCH3 is 2. The third-order valence-corrected chi connectivity index (χ3v) is 6.54. The van der Waals surface area contributed by atoms with Crippen LogP contribution in [-0.4, -0.2) is 59.7 Å². The third kappa shape index (κ3) is 3.76. The van der Waals surface area contributed by atoms with Gasteiger partial charge in [-0.05, 0) is 32.4 Å². The molecule has 2 aliphatic heterocycles. The summed E-state index contributed by atoms with van der Waals surface area (Å²) in [5.41, 5.74) is 0.490. The van der Waals surface area contributed by atoms with Crippen molar-refractivity contribution in [2.45, 2.75) is 43.7 Å². The highest BCUT2D eigenvalue weighted by atomic mass is 32.2. The molecule has 0 unspecified atom stereocenters. The van der Waals surface area contributed by atoms with E-state index in [4.69, 9.17) is 14.2 Å². The number of benzene rings is 1. The van der Waals surface area contributed by atoms with Crippen molar-refractivity contribution in [1.29, 1.82) is 0 Å². The van der Waals surface area contributed by atoms with Gasteiger partial charge < -0.3 is 24.4 Å². The summed E-state index contributed by atoms with van der Waals surface area (Å²) in [6, 6.07) is 4.30. The van der Waals surface area contributed by atoms with E-state index < -0.39 is 24.0 Å². The largest absolute Gasteiger partial charge is 0.493 e. The van der Waals surface area contributed by atoms with Gasteiger partial charge in [-0.3, -0.25) is 9.59 Å². The first-order valence-electron chi connectivity index (χ1n) is 8.98. The molecule has 9 heteroatoms. The van der Waals surface area contributed by atoms with Gasteiger partial charge >= 0.3 is 5.97 Å². The second kappa shape index (κ2) is 7.90. The van der Waals surface area contributed by atoms with E-state index in [2.05, 4.69) is 5.32 Å². The topological polar surface area (TPSA) is 94.2 Å². The van der Waals surface area contributed by atoms with Crippen molar-refractivity contribution in [1.82, 2.24) is 4.90 Å². The van der Waals surface area contributed by atoms with E-state index in [1.807, 2.05) is 6.92 Å². The number of hydrogen-bond donors (Lipinski definition) is 1. The smallest absolute Gasteiger partial charge is 0.330 e. The van der Waals surface area contributed by atoms with Crippen LogP contribution in [0.5, 0.6) is 11.5 Å². The molecular formula is C19H24N2O6S. The second-order valence-electron chi connectivity index (χ2n) is 6.90. The summed E-state index contributed by atoms with van der Waals surface area (Å²) in [4.78, 5) is 38.4. The quantitative estimate of drug-likeness (QED) is 0.720. The van der Waals surface area contributed by atoms with Gasteiger partial charge in [0.05, 0.1) is 19.1 Å². The molecule has 0 spiro atoms. The SMILES string of the molecule is COc1ccc(NC(=O)[C@H](C)OC(=O)[C@@H]2CS[C@@]3(C)CCC(=O)N23)cc1OC. The fourth-order valence-corrected chi connectivity index (χ4v) is 4.88. The van der Waals surface area contributed by atoms with E-state index in [0.717, 1.165) is 6.42 Å². The lowest BCUT2D eigenvalue weighted by Gasteiger charge is -2.29. The molecule has 0 radical (unpaired) electrons. The molecule has 28 heavy (non-hydrogen) atoms. The lowest BCUT2D eigenvalue weighted by atomic mass is 10.2. The van der Waals surface area contributed by atoms with Crippen molar-refractivity contribution in [2.24, 2.45) is 0 Å². The number of esters is 1. The Kier molecular flexibility index (Phi) is 5.74. The zero-order chi connectivity index (χ0) is 20.5. The molecule has 0 saturated carbocycles. The van der Waals surface area contributed by atoms with Crippen molar-refractivity contribution in [2.75, 3.05) is 25.3 Å². The third-order valence-electron chi connectivity index (χ3n) is 5.03. The van der Waals surface area contributed by atoms with Crippen LogP contribution in [0.15, 0.2) is 18.2 Å². The van der Waals surface area contributed by atoms with Crippen LogP contribution in [0.1, 0.15) is 26.7 Å². The fourth-order valence-electron chi connectivity index (χ4n) is 3.46. The van der Waals surface area contributed by atoms with Gasteiger partial charge in [-0.2, -0.15) is 0 Å².